The number of hydrogen-bond acceptors (Lipinski definition) is 1. The third-order valence-corrected chi connectivity index (χ3v) is 6.67. The molecule has 0 unspecified atom stereocenters. The third-order valence-electron chi connectivity index (χ3n) is 6.42. The lowest BCUT2D eigenvalue weighted by atomic mass is 9.98. The van der Waals surface area contributed by atoms with Crippen LogP contribution in [0.25, 0.3) is 38.9 Å². The van der Waals surface area contributed by atoms with Crippen molar-refractivity contribution < 1.29 is 0 Å². The van der Waals surface area contributed by atoms with Gasteiger partial charge in [0.05, 0.1) is 11.0 Å². The first-order chi connectivity index (χ1) is 15.7. The molecule has 6 heteroatoms. The number of nitrogens with zero attached hydrogens (tertiary/aromatic N) is 3. The summed E-state index contributed by atoms with van der Waals surface area (Å²) >= 11 is 6.20. The van der Waals surface area contributed by atoms with Gasteiger partial charge in [-0.2, -0.15) is 0 Å². The summed E-state index contributed by atoms with van der Waals surface area (Å²) in [5, 5.41) is 0.757. The molecule has 0 bridgehead atoms. The largest absolute Gasteiger partial charge is 0.324 e. The predicted molar refractivity (Wildman–Crippen MR) is 151 cm³/mol. The van der Waals surface area contributed by atoms with Gasteiger partial charge in [0.15, 0.2) is 0 Å². The second-order valence-electron chi connectivity index (χ2n) is 8.15. The summed E-state index contributed by atoms with van der Waals surface area (Å²) in [5.41, 5.74) is 8.65. The summed E-state index contributed by atoms with van der Waals surface area (Å²) in [4.78, 5) is 2.48. The Bertz CT molecular complexity index is 1350. The predicted octanol–water partition coefficient (Wildman–Crippen LogP) is 8.07. The fourth-order valence-corrected chi connectivity index (χ4v) is 4.83. The highest BCUT2D eigenvalue weighted by Gasteiger charge is 2.21. The molecule has 3 aromatic carbocycles. The van der Waals surface area contributed by atoms with Crippen LogP contribution in [0.4, 0.5) is 0 Å². The van der Waals surface area contributed by atoms with Crippen LogP contribution in [0.15, 0.2) is 85.1 Å². The van der Waals surface area contributed by atoms with Crippen LogP contribution in [0.3, 0.4) is 0 Å². The van der Waals surface area contributed by atoms with Gasteiger partial charge >= 0.3 is 0 Å². The van der Waals surface area contributed by atoms with Crippen molar-refractivity contribution in [2.75, 3.05) is 19.6 Å². The van der Waals surface area contributed by atoms with Crippen LogP contribution in [0.1, 0.15) is 13.8 Å². The van der Waals surface area contributed by atoms with Crippen molar-refractivity contribution >= 4 is 53.1 Å². The summed E-state index contributed by atoms with van der Waals surface area (Å²) in [6, 6.07) is 27.6. The molecule has 0 spiro atoms. The van der Waals surface area contributed by atoms with Crippen LogP contribution < -0.4 is 0 Å². The fraction of sp³-hybridized carbons (Fsp3) is 0.214. The van der Waals surface area contributed by atoms with Crippen LogP contribution in [0, 0.1) is 0 Å². The molecule has 0 aliphatic rings. The number of aromatic nitrogens is 2. The molecule has 0 aliphatic heterocycles. The number of para-hydroxylation sites is 2. The Labute approximate surface area is 218 Å². The first-order valence-corrected chi connectivity index (χ1v) is 11.7. The number of imidazole rings is 1. The van der Waals surface area contributed by atoms with Crippen molar-refractivity contribution in [2.24, 2.45) is 0 Å². The average molecular weight is 515 g/mol. The van der Waals surface area contributed by atoms with E-state index in [2.05, 4.69) is 101 Å². The van der Waals surface area contributed by atoms with E-state index in [0.29, 0.717) is 0 Å². The van der Waals surface area contributed by atoms with E-state index >= 15 is 0 Å². The second-order valence-corrected chi connectivity index (χ2v) is 8.59. The van der Waals surface area contributed by atoms with Gasteiger partial charge in [0.2, 0.25) is 0 Å². The summed E-state index contributed by atoms with van der Waals surface area (Å²) in [5.74, 6) is 0. The Hall–Kier alpha value is -2.43. The average Bonchev–Trinajstić information content (AvgIpc) is 3.36. The minimum atomic E-state index is 0. The quantitative estimate of drug-likeness (QED) is 0.214. The van der Waals surface area contributed by atoms with Gasteiger partial charge in [-0.15, -0.1) is 24.8 Å². The Kier molecular flexibility index (Phi) is 8.72. The standard InChI is InChI=1S/C28H28ClN3.2ClH/c1-3-30(4-2)18-19-31-25-12-8-9-13-26(25)32-20-24(21-14-16-23(29)17-15-21)27(28(31)32)22-10-6-5-7-11-22;;/h5-17,20H,3-4,18-19H2,1-2H3;2*1H. The van der Waals surface area contributed by atoms with Gasteiger partial charge in [-0.25, -0.2) is 0 Å². The van der Waals surface area contributed by atoms with Gasteiger partial charge in [-0.05, 0) is 48.5 Å². The molecule has 0 saturated heterocycles. The molecule has 0 amide bonds. The molecule has 0 N–H and O–H groups in total. The number of halogens is 3. The molecule has 0 saturated carbocycles. The zero-order valence-corrected chi connectivity index (χ0v) is 21.8. The fourth-order valence-electron chi connectivity index (χ4n) is 4.70. The van der Waals surface area contributed by atoms with Crippen molar-refractivity contribution in [3.63, 3.8) is 0 Å². The number of hydrogen-bond donors (Lipinski definition) is 0. The van der Waals surface area contributed by atoms with Crippen molar-refractivity contribution in [3.8, 4) is 22.3 Å². The Morgan fingerprint density at radius 1 is 0.735 bits per heavy atom. The van der Waals surface area contributed by atoms with E-state index in [1.54, 1.807) is 0 Å². The zero-order valence-electron chi connectivity index (χ0n) is 19.4. The summed E-state index contributed by atoms with van der Waals surface area (Å²) < 4.78 is 4.86. The van der Waals surface area contributed by atoms with Gasteiger partial charge in [0.25, 0.3) is 0 Å². The van der Waals surface area contributed by atoms with Gasteiger partial charge in [0.1, 0.15) is 5.65 Å². The molecular weight excluding hydrogens is 485 g/mol. The first kappa shape index (κ1) is 26.2. The van der Waals surface area contributed by atoms with E-state index in [4.69, 9.17) is 11.6 Å². The molecule has 3 nitrogen and oxygen atoms in total. The van der Waals surface area contributed by atoms with E-state index < -0.39 is 0 Å². The van der Waals surface area contributed by atoms with E-state index in [9.17, 15) is 0 Å². The van der Waals surface area contributed by atoms with E-state index in [1.807, 2.05) is 12.1 Å². The molecule has 34 heavy (non-hydrogen) atoms. The lowest BCUT2D eigenvalue weighted by Crippen LogP contribution is -2.27. The van der Waals surface area contributed by atoms with Gasteiger partial charge in [-0.3, -0.25) is 4.40 Å². The topological polar surface area (TPSA) is 12.6 Å². The summed E-state index contributed by atoms with van der Waals surface area (Å²) in [6.07, 6.45) is 2.29. The number of fused-ring (bicyclic) bond motifs is 3. The van der Waals surface area contributed by atoms with E-state index in [-0.39, 0.29) is 24.8 Å². The van der Waals surface area contributed by atoms with Gasteiger partial charge < -0.3 is 9.47 Å². The molecule has 0 aliphatic carbocycles. The third kappa shape index (κ3) is 4.71. The zero-order chi connectivity index (χ0) is 22.1. The molecule has 5 rings (SSSR count). The minimum absolute atomic E-state index is 0. The van der Waals surface area contributed by atoms with Crippen LogP contribution in [0.2, 0.25) is 5.02 Å². The SMILES string of the molecule is CCN(CC)CCn1c2ccccc2n2cc(-c3ccc(Cl)cc3)c(-c3ccccc3)c12.Cl.Cl. The number of likely N-dealkylation sites (N-methyl/N-ethyl adjacent to an activating group) is 1. The maximum absolute atomic E-state index is 6.20. The highest BCUT2D eigenvalue weighted by Crippen LogP contribution is 2.40. The van der Waals surface area contributed by atoms with Gasteiger partial charge in [-0.1, -0.05) is 80.0 Å². The molecular formula is C28H30Cl3N3. The molecule has 2 aromatic heterocycles. The monoisotopic (exact) mass is 513 g/mol. The molecule has 178 valence electrons. The van der Waals surface area contributed by atoms with E-state index in [1.165, 1.54) is 38.9 Å². The molecule has 5 aromatic rings. The highest BCUT2D eigenvalue weighted by molar-refractivity contribution is 6.30. The summed E-state index contributed by atoms with van der Waals surface area (Å²) in [6.45, 7) is 8.57. The lowest BCUT2D eigenvalue weighted by molar-refractivity contribution is 0.293. The van der Waals surface area contributed by atoms with Crippen molar-refractivity contribution in [1.29, 1.82) is 0 Å². The molecule has 0 atom stereocenters. The highest BCUT2D eigenvalue weighted by atomic mass is 35.5. The number of benzene rings is 3. The van der Waals surface area contributed by atoms with Gasteiger partial charge in [0, 0.05) is 35.4 Å². The smallest absolute Gasteiger partial charge is 0.126 e. The normalized spacial score (nSPS) is 11.1. The van der Waals surface area contributed by atoms with Crippen molar-refractivity contribution in [2.45, 2.75) is 20.4 Å². The van der Waals surface area contributed by atoms with Crippen molar-refractivity contribution in [1.82, 2.24) is 13.9 Å². The van der Waals surface area contributed by atoms with Crippen LogP contribution in [0.5, 0.6) is 0 Å². The molecule has 2 heterocycles. The number of rotatable bonds is 7. The van der Waals surface area contributed by atoms with Crippen molar-refractivity contribution in [3.05, 3.63) is 90.1 Å². The maximum Gasteiger partial charge on any atom is 0.126 e. The minimum Gasteiger partial charge on any atom is -0.324 e. The Morgan fingerprint density at radius 3 is 2.00 bits per heavy atom. The second kappa shape index (κ2) is 11.3. The molecule has 0 radical (unpaired) electrons. The van der Waals surface area contributed by atoms with Crippen LogP contribution in [-0.2, 0) is 6.54 Å². The molecule has 0 fully saturated rings. The summed E-state index contributed by atoms with van der Waals surface area (Å²) in [7, 11) is 0. The van der Waals surface area contributed by atoms with E-state index in [0.717, 1.165) is 31.2 Å². The van der Waals surface area contributed by atoms with Crippen LogP contribution >= 0.6 is 36.4 Å². The lowest BCUT2D eigenvalue weighted by Gasteiger charge is -2.19. The Balaban J connectivity index is 0.00000162. The van der Waals surface area contributed by atoms with Crippen LogP contribution in [-0.4, -0.2) is 33.5 Å². The first-order valence-electron chi connectivity index (χ1n) is 11.4. The Morgan fingerprint density at radius 2 is 1.35 bits per heavy atom. The maximum atomic E-state index is 6.20.